The Kier molecular flexibility index (Phi) is 2.74. The molecule has 0 radical (unpaired) electrons. The van der Waals surface area contributed by atoms with E-state index in [0.717, 1.165) is 13.0 Å². The van der Waals surface area contributed by atoms with E-state index in [-0.39, 0.29) is 12.6 Å². The summed E-state index contributed by atoms with van der Waals surface area (Å²) in [4.78, 5) is 0. The number of aliphatic hydroxyl groups excluding tert-OH is 1. The van der Waals surface area contributed by atoms with Gasteiger partial charge in [0.2, 0.25) is 0 Å². The predicted octanol–water partition coefficient (Wildman–Crippen LogP) is 0.287. The second kappa shape index (κ2) is 3.64. The second-order valence-electron chi connectivity index (χ2n) is 2.31. The van der Waals surface area contributed by atoms with Crippen molar-refractivity contribution in [1.82, 2.24) is 5.32 Å². The first-order chi connectivity index (χ1) is 4.43. The minimum Gasteiger partial charge on any atom is -0.394 e. The van der Waals surface area contributed by atoms with Crippen LogP contribution in [0.2, 0.25) is 0 Å². The van der Waals surface area contributed by atoms with Gasteiger partial charge in [0.15, 0.2) is 0 Å². The van der Waals surface area contributed by atoms with Crippen LogP contribution in [0.5, 0.6) is 0 Å². The zero-order valence-electron chi connectivity index (χ0n) is 5.51. The summed E-state index contributed by atoms with van der Waals surface area (Å²) in [6.07, 6.45) is 6.49. The van der Waals surface area contributed by atoms with Crippen LogP contribution < -0.4 is 5.32 Å². The van der Waals surface area contributed by atoms with Crippen molar-refractivity contribution in [3.05, 3.63) is 12.2 Å². The van der Waals surface area contributed by atoms with Crippen molar-refractivity contribution in [3.8, 4) is 0 Å². The molecule has 2 heteroatoms. The molecular weight excluding hydrogens is 114 g/mol. The Bertz CT molecular complexity index is 101. The van der Waals surface area contributed by atoms with Gasteiger partial charge in [-0.25, -0.2) is 0 Å². The topological polar surface area (TPSA) is 32.3 Å². The number of hydrogen-bond acceptors (Lipinski definition) is 2. The summed E-state index contributed by atoms with van der Waals surface area (Å²) < 4.78 is 0. The van der Waals surface area contributed by atoms with E-state index in [1.54, 1.807) is 0 Å². The highest BCUT2D eigenvalue weighted by atomic mass is 16.3. The molecule has 0 saturated carbocycles. The minimum absolute atomic E-state index is 0.201. The zero-order valence-corrected chi connectivity index (χ0v) is 5.51. The van der Waals surface area contributed by atoms with Gasteiger partial charge in [-0.05, 0) is 19.4 Å². The number of allylic oxidation sites excluding steroid dienone is 1. The molecule has 2 N–H and O–H groups in total. The molecule has 0 aromatic carbocycles. The van der Waals surface area contributed by atoms with Crippen LogP contribution in [-0.2, 0) is 0 Å². The Morgan fingerprint density at radius 1 is 1.67 bits per heavy atom. The van der Waals surface area contributed by atoms with Crippen molar-refractivity contribution < 1.29 is 5.11 Å². The summed E-state index contributed by atoms with van der Waals surface area (Å²) in [6, 6.07) is 0.201. The van der Waals surface area contributed by atoms with Crippen LogP contribution in [0, 0.1) is 0 Å². The van der Waals surface area contributed by atoms with E-state index in [2.05, 4.69) is 11.4 Å². The highest BCUT2D eigenvalue weighted by molar-refractivity contribution is 4.95. The largest absolute Gasteiger partial charge is 0.394 e. The van der Waals surface area contributed by atoms with Crippen LogP contribution in [-0.4, -0.2) is 24.3 Å². The number of aliphatic hydroxyl groups is 1. The molecule has 1 aliphatic rings. The van der Waals surface area contributed by atoms with Crippen molar-refractivity contribution in [2.75, 3.05) is 13.2 Å². The van der Waals surface area contributed by atoms with E-state index < -0.39 is 0 Å². The van der Waals surface area contributed by atoms with Crippen molar-refractivity contribution in [1.29, 1.82) is 0 Å². The van der Waals surface area contributed by atoms with Crippen LogP contribution >= 0.6 is 0 Å². The third-order valence-corrected chi connectivity index (χ3v) is 1.52. The molecule has 0 aromatic rings. The van der Waals surface area contributed by atoms with E-state index >= 15 is 0 Å². The molecule has 0 amide bonds. The Morgan fingerprint density at radius 3 is 3.33 bits per heavy atom. The van der Waals surface area contributed by atoms with Gasteiger partial charge in [0.1, 0.15) is 0 Å². The first-order valence-corrected chi connectivity index (χ1v) is 3.44. The molecule has 0 aromatic heterocycles. The maximum absolute atomic E-state index is 8.70. The molecule has 0 aliphatic carbocycles. The normalized spacial score (nSPS) is 27.9. The standard InChI is InChI=1S/C7H13NO/c9-6-7-4-2-1-3-5-8-7/h2,4,7-9H,1,3,5-6H2. The summed E-state index contributed by atoms with van der Waals surface area (Å²) >= 11 is 0. The fourth-order valence-corrected chi connectivity index (χ4v) is 0.961. The summed E-state index contributed by atoms with van der Waals surface area (Å²) in [5, 5.41) is 11.9. The molecule has 0 saturated heterocycles. The fraction of sp³-hybridized carbons (Fsp3) is 0.714. The molecule has 0 spiro atoms. The molecular formula is C7H13NO. The maximum Gasteiger partial charge on any atom is 0.0620 e. The van der Waals surface area contributed by atoms with Gasteiger partial charge in [-0.15, -0.1) is 0 Å². The lowest BCUT2D eigenvalue weighted by molar-refractivity contribution is 0.265. The highest BCUT2D eigenvalue weighted by Crippen LogP contribution is 1.97. The molecule has 1 aliphatic heterocycles. The quantitative estimate of drug-likeness (QED) is 0.496. The van der Waals surface area contributed by atoms with Crippen molar-refractivity contribution in [2.24, 2.45) is 0 Å². The molecule has 9 heavy (non-hydrogen) atoms. The van der Waals surface area contributed by atoms with E-state index in [4.69, 9.17) is 5.11 Å². The van der Waals surface area contributed by atoms with Crippen molar-refractivity contribution in [3.63, 3.8) is 0 Å². The zero-order chi connectivity index (χ0) is 6.53. The number of nitrogens with one attached hydrogen (secondary N) is 1. The van der Waals surface area contributed by atoms with Gasteiger partial charge >= 0.3 is 0 Å². The first-order valence-electron chi connectivity index (χ1n) is 3.44. The van der Waals surface area contributed by atoms with Crippen LogP contribution in [0.15, 0.2) is 12.2 Å². The lowest BCUT2D eigenvalue weighted by atomic mass is 10.3. The van der Waals surface area contributed by atoms with Crippen LogP contribution in [0.25, 0.3) is 0 Å². The van der Waals surface area contributed by atoms with Crippen LogP contribution in [0.3, 0.4) is 0 Å². The summed E-state index contributed by atoms with van der Waals surface area (Å²) in [6.45, 7) is 1.24. The smallest absolute Gasteiger partial charge is 0.0620 e. The highest BCUT2D eigenvalue weighted by Gasteiger charge is 2.02. The molecule has 52 valence electrons. The molecule has 1 rings (SSSR count). The third-order valence-electron chi connectivity index (χ3n) is 1.52. The Balaban J connectivity index is 2.33. The van der Waals surface area contributed by atoms with Crippen molar-refractivity contribution in [2.45, 2.75) is 18.9 Å². The van der Waals surface area contributed by atoms with Gasteiger partial charge in [-0.2, -0.15) is 0 Å². The average molecular weight is 127 g/mol. The second-order valence-corrected chi connectivity index (χ2v) is 2.31. The van der Waals surface area contributed by atoms with Gasteiger partial charge in [-0.1, -0.05) is 12.2 Å². The van der Waals surface area contributed by atoms with Gasteiger partial charge in [0.05, 0.1) is 6.61 Å². The van der Waals surface area contributed by atoms with E-state index in [0.29, 0.717) is 0 Å². The van der Waals surface area contributed by atoms with Gasteiger partial charge in [0.25, 0.3) is 0 Å². The molecule has 2 nitrogen and oxygen atoms in total. The maximum atomic E-state index is 8.70. The molecule has 0 fully saturated rings. The summed E-state index contributed by atoms with van der Waals surface area (Å²) in [5.41, 5.74) is 0. The van der Waals surface area contributed by atoms with Gasteiger partial charge < -0.3 is 10.4 Å². The summed E-state index contributed by atoms with van der Waals surface area (Å²) in [5.74, 6) is 0. The Hall–Kier alpha value is -0.340. The van der Waals surface area contributed by atoms with Crippen LogP contribution in [0.1, 0.15) is 12.8 Å². The molecule has 1 atom stereocenters. The monoisotopic (exact) mass is 127 g/mol. The molecule has 0 bridgehead atoms. The third kappa shape index (κ3) is 2.16. The Morgan fingerprint density at radius 2 is 2.56 bits per heavy atom. The van der Waals surface area contributed by atoms with E-state index in [1.807, 2.05) is 6.08 Å². The van der Waals surface area contributed by atoms with Crippen molar-refractivity contribution >= 4 is 0 Å². The number of hydrogen-bond donors (Lipinski definition) is 2. The van der Waals surface area contributed by atoms with Crippen LogP contribution in [0.4, 0.5) is 0 Å². The molecule has 1 unspecified atom stereocenters. The first kappa shape index (κ1) is 6.78. The lowest BCUT2D eigenvalue weighted by Crippen LogP contribution is -2.29. The Labute approximate surface area is 55.6 Å². The fourth-order valence-electron chi connectivity index (χ4n) is 0.961. The number of rotatable bonds is 1. The van der Waals surface area contributed by atoms with E-state index in [1.165, 1.54) is 6.42 Å². The van der Waals surface area contributed by atoms with Gasteiger partial charge in [-0.3, -0.25) is 0 Å². The SMILES string of the molecule is OCC1C=CCCCN1. The lowest BCUT2D eigenvalue weighted by Gasteiger charge is -2.07. The molecule has 1 heterocycles. The van der Waals surface area contributed by atoms with Gasteiger partial charge in [0, 0.05) is 6.04 Å². The minimum atomic E-state index is 0.201. The van der Waals surface area contributed by atoms with E-state index in [9.17, 15) is 0 Å². The predicted molar refractivity (Wildman–Crippen MR) is 37.3 cm³/mol. The average Bonchev–Trinajstić information content (AvgIpc) is 2.13. The summed E-state index contributed by atoms with van der Waals surface area (Å²) in [7, 11) is 0.